The van der Waals surface area contributed by atoms with Gasteiger partial charge in [-0.2, -0.15) is 4.98 Å². The Morgan fingerprint density at radius 1 is 1.07 bits per heavy atom. The third-order valence-electron chi connectivity index (χ3n) is 5.32. The van der Waals surface area contributed by atoms with E-state index >= 15 is 0 Å². The number of methoxy groups -OCH3 is 2. The molecular formula is C21H23ClFN5O2. The van der Waals surface area contributed by atoms with Gasteiger partial charge in [-0.1, -0.05) is 17.7 Å². The highest BCUT2D eigenvalue weighted by Gasteiger charge is 2.22. The van der Waals surface area contributed by atoms with Crippen LogP contribution in [0, 0.1) is 5.82 Å². The summed E-state index contributed by atoms with van der Waals surface area (Å²) in [5.74, 6) is 1.83. The second kappa shape index (κ2) is 8.49. The zero-order valence-electron chi connectivity index (χ0n) is 16.9. The van der Waals surface area contributed by atoms with Gasteiger partial charge in [0.15, 0.2) is 11.5 Å². The van der Waals surface area contributed by atoms with E-state index in [4.69, 9.17) is 26.8 Å². The molecule has 0 amide bonds. The lowest BCUT2D eigenvalue weighted by molar-refractivity contribution is 0.245. The topological polar surface area (TPSA) is 76.7 Å². The van der Waals surface area contributed by atoms with Crippen molar-refractivity contribution in [3.8, 4) is 11.5 Å². The van der Waals surface area contributed by atoms with Gasteiger partial charge in [-0.25, -0.2) is 9.37 Å². The Hall–Kier alpha value is -2.84. The van der Waals surface area contributed by atoms with E-state index in [1.54, 1.807) is 38.5 Å². The van der Waals surface area contributed by atoms with Crippen LogP contribution in [0.3, 0.4) is 0 Å². The molecule has 2 aromatic carbocycles. The van der Waals surface area contributed by atoms with Crippen molar-refractivity contribution in [1.29, 1.82) is 0 Å². The molecule has 9 heteroatoms. The normalized spacial score (nSPS) is 14.9. The fourth-order valence-corrected chi connectivity index (χ4v) is 3.84. The number of benzene rings is 2. The molecule has 1 aliphatic heterocycles. The quantitative estimate of drug-likeness (QED) is 0.663. The predicted molar refractivity (Wildman–Crippen MR) is 116 cm³/mol. The summed E-state index contributed by atoms with van der Waals surface area (Å²) in [6.45, 7) is 3.33. The lowest BCUT2D eigenvalue weighted by Crippen LogP contribution is -2.46. The minimum atomic E-state index is -0.278. The Labute approximate surface area is 179 Å². The average molecular weight is 432 g/mol. The van der Waals surface area contributed by atoms with E-state index in [9.17, 15) is 4.39 Å². The second-order valence-corrected chi connectivity index (χ2v) is 7.50. The summed E-state index contributed by atoms with van der Waals surface area (Å²) in [6.07, 6.45) is 0. The van der Waals surface area contributed by atoms with Crippen LogP contribution in [0.25, 0.3) is 10.9 Å². The first-order chi connectivity index (χ1) is 14.5. The predicted octanol–water partition coefficient (Wildman–Crippen LogP) is 3.34. The van der Waals surface area contributed by atoms with Crippen LogP contribution in [0.4, 0.5) is 16.2 Å². The van der Waals surface area contributed by atoms with Gasteiger partial charge in [-0.3, -0.25) is 4.90 Å². The zero-order chi connectivity index (χ0) is 21.3. The van der Waals surface area contributed by atoms with E-state index in [0.29, 0.717) is 64.4 Å². The highest BCUT2D eigenvalue weighted by Crippen LogP contribution is 2.34. The first kappa shape index (κ1) is 20.4. The molecule has 1 saturated heterocycles. The lowest BCUT2D eigenvalue weighted by atomic mass is 10.2. The number of aromatic nitrogens is 2. The molecule has 0 atom stereocenters. The molecule has 0 unspecified atom stereocenters. The van der Waals surface area contributed by atoms with E-state index in [1.807, 2.05) is 0 Å². The fraction of sp³-hybridized carbons (Fsp3) is 0.333. The van der Waals surface area contributed by atoms with E-state index in [1.165, 1.54) is 6.07 Å². The van der Waals surface area contributed by atoms with Gasteiger partial charge in [0.05, 0.1) is 19.7 Å². The number of nitrogens with two attached hydrogens (primary N) is 1. The van der Waals surface area contributed by atoms with Gasteiger partial charge in [-0.15, -0.1) is 0 Å². The monoisotopic (exact) mass is 431 g/mol. The van der Waals surface area contributed by atoms with Gasteiger partial charge < -0.3 is 20.1 Å². The van der Waals surface area contributed by atoms with Crippen molar-refractivity contribution in [2.75, 3.05) is 51.0 Å². The standard InChI is InChI=1S/C21H23ClFN5O2/c1-29-18-10-13-17(11-19(18)30-2)25-21(26-20(13)24)28-8-6-27(7-9-28)12-14-15(22)4-3-5-16(14)23/h3-5,10-11H,6-9,12H2,1-2H3,(H2,24,25,26). The molecule has 4 rings (SSSR count). The molecule has 2 heterocycles. The number of hydrogen-bond acceptors (Lipinski definition) is 7. The van der Waals surface area contributed by atoms with Crippen LogP contribution in [0.15, 0.2) is 30.3 Å². The third-order valence-corrected chi connectivity index (χ3v) is 5.67. The molecule has 1 aliphatic rings. The summed E-state index contributed by atoms with van der Waals surface area (Å²) < 4.78 is 24.8. The first-order valence-electron chi connectivity index (χ1n) is 9.59. The fourth-order valence-electron chi connectivity index (χ4n) is 3.62. The molecule has 0 bridgehead atoms. The van der Waals surface area contributed by atoms with Crippen LogP contribution in [-0.2, 0) is 6.54 Å². The zero-order valence-corrected chi connectivity index (χ0v) is 17.6. The Kier molecular flexibility index (Phi) is 5.78. The maximum absolute atomic E-state index is 14.1. The number of nitrogen functional groups attached to an aromatic ring is 1. The van der Waals surface area contributed by atoms with Gasteiger partial charge in [0.2, 0.25) is 5.95 Å². The number of nitrogens with zero attached hydrogens (tertiary/aromatic N) is 4. The highest BCUT2D eigenvalue weighted by atomic mass is 35.5. The minimum Gasteiger partial charge on any atom is -0.493 e. The number of anilines is 2. The molecule has 0 spiro atoms. The SMILES string of the molecule is COc1cc2nc(N3CCN(Cc4c(F)cccc4Cl)CC3)nc(N)c2cc1OC. The molecule has 7 nitrogen and oxygen atoms in total. The van der Waals surface area contributed by atoms with Gasteiger partial charge in [0.1, 0.15) is 11.6 Å². The van der Waals surface area contributed by atoms with Crippen molar-refractivity contribution >= 4 is 34.3 Å². The number of piperazine rings is 1. The van der Waals surface area contributed by atoms with Crippen LogP contribution < -0.4 is 20.1 Å². The Morgan fingerprint density at radius 2 is 1.77 bits per heavy atom. The Morgan fingerprint density at radius 3 is 2.43 bits per heavy atom. The summed E-state index contributed by atoms with van der Waals surface area (Å²) >= 11 is 6.16. The van der Waals surface area contributed by atoms with Crippen molar-refractivity contribution in [2.45, 2.75) is 6.54 Å². The van der Waals surface area contributed by atoms with E-state index < -0.39 is 0 Å². The number of ether oxygens (including phenoxy) is 2. The number of hydrogen-bond donors (Lipinski definition) is 1. The van der Waals surface area contributed by atoms with Crippen molar-refractivity contribution in [3.05, 3.63) is 46.7 Å². The molecular weight excluding hydrogens is 409 g/mol. The highest BCUT2D eigenvalue weighted by molar-refractivity contribution is 6.31. The molecule has 1 aromatic heterocycles. The molecule has 1 fully saturated rings. The molecule has 0 radical (unpaired) electrons. The molecule has 0 aliphatic carbocycles. The maximum Gasteiger partial charge on any atom is 0.227 e. The van der Waals surface area contributed by atoms with Crippen LogP contribution in [0.1, 0.15) is 5.56 Å². The second-order valence-electron chi connectivity index (χ2n) is 7.10. The van der Waals surface area contributed by atoms with Gasteiger partial charge in [0.25, 0.3) is 0 Å². The summed E-state index contributed by atoms with van der Waals surface area (Å²) in [7, 11) is 3.15. The van der Waals surface area contributed by atoms with E-state index in [0.717, 1.165) is 13.1 Å². The summed E-state index contributed by atoms with van der Waals surface area (Å²) in [6, 6.07) is 8.35. The lowest BCUT2D eigenvalue weighted by Gasteiger charge is -2.35. The maximum atomic E-state index is 14.1. The van der Waals surface area contributed by atoms with Gasteiger partial charge >= 0.3 is 0 Å². The van der Waals surface area contributed by atoms with Crippen LogP contribution in [-0.4, -0.2) is 55.3 Å². The van der Waals surface area contributed by atoms with Crippen LogP contribution in [0.5, 0.6) is 11.5 Å². The smallest absolute Gasteiger partial charge is 0.227 e. The molecule has 158 valence electrons. The van der Waals surface area contributed by atoms with E-state index in [-0.39, 0.29) is 5.82 Å². The Balaban J connectivity index is 1.52. The molecule has 0 saturated carbocycles. The van der Waals surface area contributed by atoms with Crippen LogP contribution in [0.2, 0.25) is 5.02 Å². The third kappa shape index (κ3) is 3.93. The number of halogens is 2. The Bertz CT molecular complexity index is 1050. The summed E-state index contributed by atoms with van der Waals surface area (Å²) in [5.41, 5.74) is 7.42. The minimum absolute atomic E-state index is 0.278. The van der Waals surface area contributed by atoms with Crippen molar-refractivity contribution in [2.24, 2.45) is 0 Å². The first-order valence-corrected chi connectivity index (χ1v) is 9.97. The van der Waals surface area contributed by atoms with Crippen molar-refractivity contribution in [3.63, 3.8) is 0 Å². The molecule has 30 heavy (non-hydrogen) atoms. The summed E-state index contributed by atoms with van der Waals surface area (Å²) in [4.78, 5) is 13.4. The van der Waals surface area contributed by atoms with E-state index in [2.05, 4.69) is 19.8 Å². The molecule has 2 N–H and O–H groups in total. The van der Waals surface area contributed by atoms with Crippen molar-refractivity contribution < 1.29 is 13.9 Å². The van der Waals surface area contributed by atoms with Gasteiger partial charge in [-0.05, 0) is 18.2 Å². The van der Waals surface area contributed by atoms with Crippen molar-refractivity contribution in [1.82, 2.24) is 14.9 Å². The average Bonchev–Trinajstić information content (AvgIpc) is 2.76. The largest absolute Gasteiger partial charge is 0.493 e. The number of fused-ring (bicyclic) bond motifs is 1. The summed E-state index contributed by atoms with van der Waals surface area (Å²) in [5, 5.41) is 1.16. The number of rotatable bonds is 5. The molecule has 3 aromatic rings. The van der Waals surface area contributed by atoms with Gasteiger partial charge in [0, 0.05) is 54.8 Å². The van der Waals surface area contributed by atoms with Crippen LogP contribution >= 0.6 is 11.6 Å².